The molecule has 6 rings (SSSR count). The van der Waals surface area contributed by atoms with Crippen LogP contribution in [0, 0.1) is 0 Å². The predicted octanol–water partition coefficient (Wildman–Crippen LogP) is 3.60. The van der Waals surface area contributed by atoms with Crippen molar-refractivity contribution < 1.29 is 14.4 Å². The second kappa shape index (κ2) is 9.04. The fraction of sp³-hybridized carbons (Fsp3) is 0.483. The highest BCUT2D eigenvalue weighted by molar-refractivity contribution is 6.14. The Morgan fingerprint density at radius 3 is 2.08 bits per heavy atom. The SMILES string of the molecule is CC(=O)N1C(=O)N(C2Cc3ccccc3C2)C(=O)C12CCN(Cc1ccc(N3CCCC3)cc1)CC2. The van der Waals surface area contributed by atoms with Crippen LogP contribution in [0.3, 0.4) is 0 Å². The van der Waals surface area contributed by atoms with Gasteiger partial charge in [-0.1, -0.05) is 36.4 Å². The van der Waals surface area contributed by atoms with E-state index in [2.05, 4.69) is 46.2 Å². The number of anilines is 1. The zero-order chi connectivity index (χ0) is 24.9. The van der Waals surface area contributed by atoms with E-state index in [1.165, 1.54) is 51.9 Å². The first-order valence-corrected chi connectivity index (χ1v) is 13.3. The Hall–Kier alpha value is -3.19. The van der Waals surface area contributed by atoms with Gasteiger partial charge in [0.2, 0.25) is 5.91 Å². The Morgan fingerprint density at radius 2 is 1.50 bits per heavy atom. The first-order valence-electron chi connectivity index (χ1n) is 13.3. The lowest BCUT2D eigenvalue weighted by Gasteiger charge is -2.41. The summed E-state index contributed by atoms with van der Waals surface area (Å²) in [5, 5.41) is 0. The number of carbonyl (C=O) groups is 3. The van der Waals surface area contributed by atoms with Crippen molar-refractivity contribution in [2.45, 2.75) is 63.6 Å². The van der Waals surface area contributed by atoms with Crippen molar-refractivity contribution in [2.24, 2.45) is 0 Å². The van der Waals surface area contributed by atoms with Gasteiger partial charge in [0.15, 0.2) is 0 Å². The first-order chi connectivity index (χ1) is 17.5. The van der Waals surface area contributed by atoms with Gasteiger partial charge >= 0.3 is 6.03 Å². The van der Waals surface area contributed by atoms with Gasteiger partial charge < -0.3 is 4.90 Å². The normalized spacial score (nSPS) is 22.2. The molecule has 0 aromatic heterocycles. The zero-order valence-corrected chi connectivity index (χ0v) is 21.0. The van der Waals surface area contributed by atoms with E-state index in [1.54, 1.807) is 0 Å². The maximum Gasteiger partial charge on any atom is 0.334 e. The molecule has 0 unspecified atom stereocenters. The summed E-state index contributed by atoms with van der Waals surface area (Å²) in [5.74, 6) is -0.521. The van der Waals surface area contributed by atoms with E-state index in [9.17, 15) is 14.4 Å². The summed E-state index contributed by atoms with van der Waals surface area (Å²) in [4.78, 5) is 47.5. The highest BCUT2D eigenvalue weighted by Crippen LogP contribution is 2.40. The average Bonchev–Trinajstić information content (AvgIpc) is 3.59. The van der Waals surface area contributed by atoms with E-state index in [-0.39, 0.29) is 17.9 Å². The molecule has 3 heterocycles. The molecule has 3 aliphatic heterocycles. The van der Waals surface area contributed by atoms with Crippen molar-refractivity contribution in [2.75, 3.05) is 31.1 Å². The Labute approximate surface area is 212 Å². The summed E-state index contributed by atoms with van der Waals surface area (Å²) in [7, 11) is 0. The maximum atomic E-state index is 13.9. The number of benzene rings is 2. The van der Waals surface area contributed by atoms with E-state index in [0.29, 0.717) is 38.8 Å². The number of urea groups is 1. The second-order valence-electron chi connectivity index (χ2n) is 10.8. The van der Waals surface area contributed by atoms with Crippen molar-refractivity contribution in [3.63, 3.8) is 0 Å². The summed E-state index contributed by atoms with van der Waals surface area (Å²) in [5.41, 5.74) is 3.85. The standard InChI is InChI=1S/C29H34N4O3/c1-21(34)33-28(36)32(26-18-23-6-2-3-7-24(23)19-26)27(35)29(33)12-16-30(17-13-29)20-22-8-10-25(11-9-22)31-14-4-5-15-31/h2-3,6-11,26H,4-5,12-20H2,1H3. The first kappa shape index (κ1) is 23.2. The van der Waals surface area contributed by atoms with Crippen LogP contribution in [0.1, 0.15) is 49.3 Å². The Balaban J connectivity index is 1.15. The van der Waals surface area contributed by atoms with Crippen molar-refractivity contribution in [1.29, 1.82) is 0 Å². The summed E-state index contributed by atoms with van der Waals surface area (Å²) in [6, 6.07) is 16.3. The van der Waals surface area contributed by atoms with Crippen LogP contribution in [0.2, 0.25) is 0 Å². The minimum Gasteiger partial charge on any atom is -0.372 e. The molecule has 3 fully saturated rings. The lowest BCUT2D eigenvalue weighted by atomic mass is 9.85. The molecule has 2 aromatic carbocycles. The highest BCUT2D eigenvalue weighted by Gasteiger charge is 2.61. The van der Waals surface area contributed by atoms with Crippen molar-refractivity contribution in [1.82, 2.24) is 14.7 Å². The molecule has 0 saturated carbocycles. The summed E-state index contributed by atoms with van der Waals surface area (Å²) < 4.78 is 0. The Bertz CT molecular complexity index is 1150. The smallest absolute Gasteiger partial charge is 0.334 e. The van der Waals surface area contributed by atoms with Crippen LogP contribution in [0.5, 0.6) is 0 Å². The molecule has 4 aliphatic rings. The van der Waals surface area contributed by atoms with Crippen LogP contribution < -0.4 is 4.90 Å². The topological polar surface area (TPSA) is 64.2 Å². The number of hydrogen-bond acceptors (Lipinski definition) is 5. The van der Waals surface area contributed by atoms with Crippen LogP contribution in [0.25, 0.3) is 0 Å². The minimum atomic E-state index is -1.05. The van der Waals surface area contributed by atoms with Crippen LogP contribution in [0.15, 0.2) is 48.5 Å². The number of fused-ring (bicyclic) bond motifs is 1. The van der Waals surface area contributed by atoms with Gasteiger partial charge in [0.05, 0.1) is 0 Å². The molecule has 7 heteroatoms. The zero-order valence-electron chi connectivity index (χ0n) is 21.0. The van der Waals surface area contributed by atoms with Crippen LogP contribution in [-0.4, -0.2) is 70.3 Å². The molecular weight excluding hydrogens is 452 g/mol. The molecule has 7 nitrogen and oxygen atoms in total. The molecule has 1 aliphatic carbocycles. The van der Waals surface area contributed by atoms with E-state index in [0.717, 1.165) is 19.6 Å². The fourth-order valence-corrected chi connectivity index (χ4v) is 6.74. The van der Waals surface area contributed by atoms with Gasteiger partial charge in [0, 0.05) is 51.4 Å². The molecule has 4 amide bonds. The van der Waals surface area contributed by atoms with E-state index >= 15 is 0 Å². The molecule has 0 radical (unpaired) electrons. The van der Waals surface area contributed by atoms with Gasteiger partial charge in [0.25, 0.3) is 5.91 Å². The number of nitrogens with zero attached hydrogens (tertiary/aromatic N) is 4. The largest absolute Gasteiger partial charge is 0.372 e. The summed E-state index contributed by atoms with van der Waals surface area (Å²) in [6.07, 6.45) is 4.82. The second-order valence-corrected chi connectivity index (χ2v) is 10.8. The van der Waals surface area contributed by atoms with Crippen molar-refractivity contribution >= 4 is 23.5 Å². The van der Waals surface area contributed by atoms with Gasteiger partial charge in [-0.05, 0) is 67.3 Å². The lowest BCUT2D eigenvalue weighted by Crippen LogP contribution is -2.57. The fourth-order valence-electron chi connectivity index (χ4n) is 6.74. The lowest BCUT2D eigenvalue weighted by molar-refractivity contribution is -0.143. The maximum absolute atomic E-state index is 13.9. The Kier molecular flexibility index (Phi) is 5.83. The monoisotopic (exact) mass is 486 g/mol. The number of hydrogen-bond donors (Lipinski definition) is 0. The molecule has 0 N–H and O–H groups in total. The number of piperidine rings is 1. The molecule has 36 heavy (non-hydrogen) atoms. The van der Waals surface area contributed by atoms with Gasteiger partial charge in [-0.3, -0.25) is 19.4 Å². The highest BCUT2D eigenvalue weighted by atomic mass is 16.2. The molecule has 3 saturated heterocycles. The van der Waals surface area contributed by atoms with Crippen LogP contribution >= 0.6 is 0 Å². The van der Waals surface area contributed by atoms with E-state index in [4.69, 9.17) is 0 Å². The van der Waals surface area contributed by atoms with Gasteiger partial charge in [-0.2, -0.15) is 0 Å². The third kappa shape index (κ3) is 3.81. The number of carbonyl (C=O) groups excluding carboxylic acids is 3. The number of likely N-dealkylation sites (tertiary alicyclic amines) is 1. The van der Waals surface area contributed by atoms with Gasteiger partial charge in [0.1, 0.15) is 5.54 Å². The quantitative estimate of drug-likeness (QED) is 0.618. The molecule has 1 spiro atoms. The third-order valence-electron chi connectivity index (χ3n) is 8.65. The third-order valence-corrected chi connectivity index (χ3v) is 8.65. The van der Waals surface area contributed by atoms with Gasteiger partial charge in [-0.15, -0.1) is 0 Å². The summed E-state index contributed by atoms with van der Waals surface area (Å²) >= 11 is 0. The van der Waals surface area contributed by atoms with E-state index in [1.807, 2.05) is 12.1 Å². The minimum absolute atomic E-state index is 0.185. The molecule has 188 valence electrons. The van der Waals surface area contributed by atoms with Crippen LogP contribution in [0.4, 0.5) is 10.5 Å². The van der Waals surface area contributed by atoms with E-state index < -0.39 is 11.6 Å². The predicted molar refractivity (Wildman–Crippen MR) is 138 cm³/mol. The number of amides is 4. The molecular formula is C29H34N4O3. The van der Waals surface area contributed by atoms with Crippen molar-refractivity contribution in [3.05, 3.63) is 65.2 Å². The Morgan fingerprint density at radius 1 is 0.889 bits per heavy atom. The van der Waals surface area contributed by atoms with Gasteiger partial charge in [-0.25, -0.2) is 9.69 Å². The molecule has 0 bridgehead atoms. The average molecular weight is 487 g/mol. The molecule has 0 atom stereocenters. The summed E-state index contributed by atoms with van der Waals surface area (Å²) in [6.45, 7) is 5.84. The number of rotatable bonds is 4. The van der Waals surface area contributed by atoms with Crippen LogP contribution in [-0.2, 0) is 29.0 Å². The number of imide groups is 2. The molecule has 2 aromatic rings. The van der Waals surface area contributed by atoms with Crippen molar-refractivity contribution in [3.8, 4) is 0 Å².